The zero-order chi connectivity index (χ0) is 9.53. The molecule has 3 heteroatoms. The number of hydrogen-bond acceptors (Lipinski definition) is 1. The van der Waals surface area contributed by atoms with Crippen molar-refractivity contribution in [2.45, 2.75) is 51.5 Å². The summed E-state index contributed by atoms with van der Waals surface area (Å²) in [7, 11) is 0. The number of rotatable bonds is 2. The first-order chi connectivity index (χ1) is 6.08. The van der Waals surface area contributed by atoms with Gasteiger partial charge in [0, 0.05) is 10.5 Å². The van der Waals surface area contributed by atoms with Crippen molar-refractivity contribution in [2.24, 2.45) is 16.4 Å². The van der Waals surface area contributed by atoms with Gasteiger partial charge in [0.15, 0.2) is 0 Å². The van der Waals surface area contributed by atoms with E-state index in [1.165, 1.54) is 32.1 Å². The zero-order valence-corrected chi connectivity index (χ0v) is 8.45. The predicted molar refractivity (Wildman–Crippen MR) is 52.2 cm³/mol. The Labute approximate surface area is 79.1 Å². The summed E-state index contributed by atoms with van der Waals surface area (Å²) in [5.41, 5.74) is 8.96. The lowest BCUT2D eigenvalue weighted by Gasteiger charge is -2.57. The van der Waals surface area contributed by atoms with Gasteiger partial charge in [-0.05, 0) is 42.5 Å². The minimum atomic E-state index is -0.157. The van der Waals surface area contributed by atoms with Crippen molar-refractivity contribution in [1.82, 2.24) is 0 Å². The summed E-state index contributed by atoms with van der Waals surface area (Å²) in [4.78, 5) is 2.93. The van der Waals surface area contributed by atoms with E-state index < -0.39 is 0 Å². The van der Waals surface area contributed by atoms with E-state index in [2.05, 4.69) is 23.9 Å². The molecule has 0 aliphatic heterocycles. The van der Waals surface area contributed by atoms with Crippen molar-refractivity contribution in [2.75, 3.05) is 0 Å². The second-order valence-electron chi connectivity index (χ2n) is 5.30. The third-order valence-electron chi connectivity index (χ3n) is 4.07. The number of hydrogen-bond donors (Lipinski definition) is 0. The SMILES string of the molecule is CC(C)(N=[N+]=[N-])C1CC2(CCC2)C1. The van der Waals surface area contributed by atoms with Gasteiger partial charge in [-0.25, -0.2) is 0 Å². The zero-order valence-electron chi connectivity index (χ0n) is 8.45. The summed E-state index contributed by atoms with van der Waals surface area (Å²) >= 11 is 0. The Bertz CT molecular complexity index is 251. The molecule has 2 rings (SSSR count). The summed E-state index contributed by atoms with van der Waals surface area (Å²) in [6.07, 6.45) is 6.82. The van der Waals surface area contributed by atoms with Gasteiger partial charge in [0.1, 0.15) is 0 Å². The van der Waals surface area contributed by atoms with Gasteiger partial charge < -0.3 is 0 Å². The molecule has 3 nitrogen and oxygen atoms in total. The molecular weight excluding hydrogens is 162 g/mol. The van der Waals surface area contributed by atoms with Crippen molar-refractivity contribution in [3.8, 4) is 0 Å². The van der Waals surface area contributed by atoms with Crippen LogP contribution in [0.15, 0.2) is 5.11 Å². The molecule has 2 aliphatic rings. The maximum Gasteiger partial charge on any atom is 0.0460 e. The number of azide groups is 1. The minimum absolute atomic E-state index is 0.157. The first-order valence-electron chi connectivity index (χ1n) is 5.14. The van der Waals surface area contributed by atoms with Crippen LogP contribution in [0, 0.1) is 11.3 Å². The van der Waals surface area contributed by atoms with Crippen LogP contribution in [0.3, 0.4) is 0 Å². The molecule has 2 fully saturated rings. The van der Waals surface area contributed by atoms with Crippen LogP contribution in [-0.2, 0) is 0 Å². The molecule has 2 aliphatic carbocycles. The molecule has 72 valence electrons. The van der Waals surface area contributed by atoms with Gasteiger partial charge in [-0.2, -0.15) is 0 Å². The van der Waals surface area contributed by atoms with Gasteiger partial charge in [-0.15, -0.1) is 0 Å². The molecule has 0 radical (unpaired) electrons. The van der Waals surface area contributed by atoms with E-state index >= 15 is 0 Å². The van der Waals surface area contributed by atoms with Gasteiger partial charge in [0.2, 0.25) is 0 Å². The van der Waals surface area contributed by atoms with Crippen LogP contribution in [0.5, 0.6) is 0 Å². The average molecular weight is 179 g/mol. The molecule has 0 aromatic heterocycles. The lowest BCUT2D eigenvalue weighted by atomic mass is 9.49. The molecule has 0 aromatic carbocycles. The van der Waals surface area contributed by atoms with Gasteiger partial charge in [-0.1, -0.05) is 25.4 Å². The van der Waals surface area contributed by atoms with Crippen molar-refractivity contribution >= 4 is 0 Å². The summed E-state index contributed by atoms with van der Waals surface area (Å²) in [6, 6.07) is 0. The lowest BCUT2D eigenvalue weighted by molar-refractivity contribution is -0.0508. The molecule has 0 N–H and O–H groups in total. The molecule has 13 heavy (non-hydrogen) atoms. The Morgan fingerprint density at radius 2 is 2.00 bits per heavy atom. The van der Waals surface area contributed by atoms with Crippen LogP contribution in [0.2, 0.25) is 0 Å². The Morgan fingerprint density at radius 3 is 2.38 bits per heavy atom. The van der Waals surface area contributed by atoms with E-state index in [4.69, 9.17) is 5.53 Å². The number of nitrogens with zero attached hydrogens (tertiary/aromatic N) is 3. The van der Waals surface area contributed by atoms with E-state index in [1.54, 1.807) is 0 Å². The fourth-order valence-corrected chi connectivity index (χ4v) is 2.77. The van der Waals surface area contributed by atoms with Crippen LogP contribution in [-0.4, -0.2) is 5.54 Å². The van der Waals surface area contributed by atoms with Crippen LogP contribution < -0.4 is 0 Å². The van der Waals surface area contributed by atoms with E-state index in [1.807, 2.05) is 0 Å². The Morgan fingerprint density at radius 1 is 1.38 bits per heavy atom. The quantitative estimate of drug-likeness (QED) is 0.353. The largest absolute Gasteiger partial charge is 0.0876 e. The van der Waals surface area contributed by atoms with Crippen LogP contribution >= 0.6 is 0 Å². The third kappa shape index (κ3) is 1.31. The van der Waals surface area contributed by atoms with E-state index in [9.17, 15) is 0 Å². The van der Waals surface area contributed by atoms with E-state index in [-0.39, 0.29) is 5.54 Å². The van der Waals surface area contributed by atoms with Gasteiger partial charge in [-0.3, -0.25) is 0 Å². The Hall–Kier alpha value is -0.690. The summed E-state index contributed by atoms with van der Waals surface area (Å²) in [5.74, 6) is 0.628. The van der Waals surface area contributed by atoms with Crippen LogP contribution in [0.25, 0.3) is 10.4 Å². The normalized spacial score (nSPS) is 26.0. The Kier molecular flexibility index (Phi) is 1.81. The smallest absolute Gasteiger partial charge is 0.0460 e. The third-order valence-corrected chi connectivity index (χ3v) is 4.07. The molecular formula is C10H17N3. The molecule has 1 spiro atoms. The highest BCUT2D eigenvalue weighted by atomic mass is 15.2. The first-order valence-corrected chi connectivity index (χ1v) is 5.14. The maximum absolute atomic E-state index is 8.43. The standard InChI is InChI=1S/C10H17N3/c1-9(2,12-13-11)8-6-10(7-8)4-3-5-10/h8H,3-7H2,1-2H3. The fraction of sp³-hybridized carbons (Fsp3) is 1.00. The first kappa shape index (κ1) is 8.89. The maximum atomic E-state index is 8.43. The summed E-state index contributed by atoms with van der Waals surface area (Å²) < 4.78 is 0. The average Bonchev–Trinajstić information content (AvgIpc) is 1.78. The van der Waals surface area contributed by atoms with Crippen molar-refractivity contribution in [1.29, 1.82) is 0 Å². The monoisotopic (exact) mass is 179 g/mol. The molecule has 0 heterocycles. The van der Waals surface area contributed by atoms with Gasteiger partial charge in [0.25, 0.3) is 0 Å². The molecule has 0 saturated heterocycles. The van der Waals surface area contributed by atoms with Crippen molar-refractivity contribution in [3.05, 3.63) is 10.4 Å². The van der Waals surface area contributed by atoms with Crippen LogP contribution in [0.4, 0.5) is 0 Å². The van der Waals surface area contributed by atoms with Crippen molar-refractivity contribution < 1.29 is 0 Å². The van der Waals surface area contributed by atoms with Gasteiger partial charge >= 0.3 is 0 Å². The van der Waals surface area contributed by atoms with E-state index in [0.717, 1.165) is 0 Å². The molecule has 0 atom stereocenters. The highest BCUT2D eigenvalue weighted by Gasteiger charge is 2.52. The highest BCUT2D eigenvalue weighted by molar-refractivity contribution is 5.05. The summed E-state index contributed by atoms with van der Waals surface area (Å²) in [6.45, 7) is 4.12. The highest BCUT2D eigenvalue weighted by Crippen LogP contribution is 2.61. The topological polar surface area (TPSA) is 48.8 Å². The predicted octanol–water partition coefficient (Wildman–Crippen LogP) is 3.66. The van der Waals surface area contributed by atoms with Crippen LogP contribution in [0.1, 0.15) is 46.0 Å². The van der Waals surface area contributed by atoms with E-state index in [0.29, 0.717) is 11.3 Å². The molecule has 2 saturated carbocycles. The second kappa shape index (κ2) is 2.65. The molecule has 0 amide bonds. The molecule has 0 unspecified atom stereocenters. The molecule has 0 aromatic rings. The fourth-order valence-electron chi connectivity index (χ4n) is 2.77. The second-order valence-corrected chi connectivity index (χ2v) is 5.30. The van der Waals surface area contributed by atoms with Crippen molar-refractivity contribution in [3.63, 3.8) is 0 Å². The summed E-state index contributed by atoms with van der Waals surface area (Å²) in [5, 5.41) is 3.88. The molecule has 0 bridgehead atoms. The Balaban J connectivity index is 1.94. The lowest BCUT2D eigenvalue weighted by Crippen LogP contribution is -2.49. The van der Waals surface area contributed by atoms with Gasteiger partial charge in [0.05, 0.1) is 0 Å². The minimum Gasteiger partial charge on any atom is -0.0876 e.